The van der Waals surface area contributed by atoms with Gasteiger partial charge in [0.2, 0.25) is 5.91 Å². The number of aliphatic hydroxyl groups is 1. The number of likely N-dealkylation sites (tertiary alicyclic amines) is 1. The summed E-state index contributed by atoms with van der Waals surface area (Å²) in [5.41, 5.74) is 0. The third kappa shape index (κ3) is 3.67. The van der Waals surface area contributed by atoms with Crippen LogP contribution in [0.1, 0.15) is 19.8 Å². The second-order valence-electron chi connectivity index (χ2n) is 5.51. The van der Waals surface area contributed by atoms with Crippen LogP contribution in [0.25, 0.3) is 0 Å². The molecule has 0 bridgehead atoms. The fourth-order valence-corrected chi connectivity index (χ4v) is 2.76. The maximum Gasteiger partial charge on any atom is 0.236 e. The zero-order valence-corrected chi connectivity index (χ0v) is 11.3. The summed E-state index contributed by atoms with van der Waals surface area (Å²) in [6, 6.07) is 0. The van der Waals surface area contributed by atoms with Gasteiger partial charge in [0.05, 0.1) is 12.6 Å². The van der Waals surface area contributed by atoms with Crippen LogP contribution in [0.4, 0.5) is 0 Å². The molecule has 1 amide bonds. The van der Waals surface area contributed by atoms with Gasteiger partial charge in [-0.25, -0.2) is 0 Å². The topological polar surface area (TPSA) is 55.8 Å². The summed E-state index contributed by atoms with van der Waals surface area (Å²) in [7, 11) is 0. The van der Waals surface area contributed by atoms with Gasteiger partial charge in [-0.15, -0.1) is 0 Å². The summed E-state index contributed by atoms with van der Waals surface area (Å²) >= 11 is 0. The van der Waals surface area contributed by atoms with Gasteiger partial charge in [0.1, 0.15) is 0 Å². The molecule has 0 saturated carbocycles. The second kappa shape index (κ2) is 6.50. The predicted molar refractivity (Wildman–Crippen MR) is 70.3 cm³/mol. The largest absolute Gasteiger partial charge is 0.393 e. The molecule has 5 nitrogen and oxygen atoms in total. The monoisotopic (exact) mass is 255 g/mol. The molecule has 0 aromatic carbocycles. The minimum absolute atomic E-state index is 0.222. The van der Waals surface area contributed by atoms with Gasteiger partial charge >= 0.3 is 0 Å². The van der Waals surface area contributed by atoms with E-state index in [2.05, 4.69) is 10.2 Å². The lowest BCUT2D eigenvalue weighted by molar-refractivity contribution is -0.131. The number of rotatable bonds is 3. The highest BCUT2D eigenvalue weighted by Crippen LogP contribution is 2.19. The first-order valence-corrected chi connectivity index (χ1v) is 7.05. The number of hydrogen-bond donors (Lipinski definition) is 2. The fraction of sp³-hybridized carbons (Fsp3) is 0.923. The molecule has 2 rings (SSSR count). The molecule has 2 unspecified atom stereocenters. The Hall–Kier alpha value is -0.650. The molecule has 2 atom stereocenters. The Kier molecular flexibility index (Phi) is 4.97. The van der Waals surface area contributed by atoms with E-state index in [9.17, 15) is 9.90 Å². The van der Waals surface area contributed by atoms with Gasteiger partial charge in [-0.3, -0.25) is 9.69 Å². The number of aliphatic hydroxyl groups excluding tert-OH is 1. The van der Waals surface area contributed by atoms with Crippen molar-refractivity contribution in [1.82, 2.24) is 15.1 Å². The average molecular weight is 255 g/mol. The highest BCUT2D eigenvalue weighted by atomic mass is 16.3. The second-order valence-corrected chi connectivity index (χ2v) is 5.51. The van der Waals surface area contributed by atoms with Crippen molar-refractivity contribution >= 4 is 5.91 Å². The first-order chi connectivity index (χ1) is 8.66. The molecule has 0 aromatic heterocycles. The van der Waals surface area contributed by atoms with Crippen LogP contribution >= 0.6 is 0 Å². The molecule has 2 aliphatic rings. The normalized spacial score (nSPS) is 28.1. The van der Waals surface area contributed by atoms with Crippen LogP contribution in [0.2, 0.25) is 0 Å². The molecule has 0 spiro atoms. The number of carbonyl (C=O) groups is 1. The van der Waals surface area contributed by atoms with Crippen LogP contribution in [0, 0.1) is 5.92 Å². The molecule has 0 radical (unpaired) electrons. The van der Waals surface area contributed by atoms with Crippen molar-refractivity contribution in [3.63, 3.8) is 0 Å². The lowest BCUT2D eigenvalue weighted by Gasteiger charge is -2.23. The first kappa shape index (κ1) is 13.8. The smallest absolute Gasteiger partial charge is 0.236 e. The predicted octanol–water partition coefficient (Wildman–Crippen LogP) is -0.489. The quantitative estimate of drug-likeness (QED) is 0.714. The van der Waals surface area contributed by atoms with E-state index in [0.29, 0.717) is 6.54 Å². The summed E-state index contributed by atoms with van der Waals surface area (Å²) in [5, 5.41) is 12.9. The third-order valence-electron chi connectivity index (χ3n) is 4.05. The fourth-order valence-electron chi connectivity index (χ4n) is 2.76. The molecular formula is C13H25N3O2. The minimum atomic E-state index is -0.301. The number of carbonyl (C=O) groups excluding carboxylic acids is 1. The Morgan fingerprint density at radius 2 is 2.22 bits per heavy atom. The zero-order chi connectivity index (χ0) is 13.0. The van der Waals surface area contributed by atoms with Crippen molar-refractivity contribution < 1.29 is 9.90 Å². The molecule has 2 aliphatic heterocycles. The Balaban J connectivity index is 1.77. The van der Waals surface area contributed by atoms with Crippen LogP contribution < -0.4 is 5.32 Å². The van der Waals surface area contributed by atoms with E-state index in [1.807, 2.05) is 11.8 Å². The summed E-state index contributed by atoms with van der Waals surface area (Å²) in [4.78, 5) is 16.3. The lowest BCUT2D eigenvalue weighted by Crippen LogP contribution is -2.41. The first-order valence-electron chi connectivity index (χ1n) is 7.05. The molecule has 2 N–H and O–H groups in total. The Bertz CT molecular complexity index is 275. The van der Waals surface area contributed by atoms with E-state index < -0.39 is 0 Å². The third-order valence-corrected chi connectivity index (χ3v) is 4.05. The Morgan fingerprint density at radius 3 is 2.94 bits per heavy atom. The van der Waals surface area contributed by atoms with Gasteiger partial charge in [-0.2, -0.15) is 0 Å². The van der Waals surface area contributed by atoms with Crippen LogP contribution in [-0.2, 0) is 4.79 Å². The van der Waals surface area contributed by atoms with E-state index in [1.165, 1.54) is 0 Å². The molecule has 0 aliphatic carbocycles. The Morgan fingerprint density at radius 1 is 1.39 bits per heavy atom. The van der Waals surface area contributed by atoms with Gasteiger partial charge in [0.25, 0.3) is 0 Å². The van der Waals surface area contributed by atoms with Gasteiger partial charge in [0, 0.05) is 32.1 Å². The van der Waals surface area contributed by atoms with Crippen molar-refractivity contribution in [1.29, 1.82) is 0 Å². The highest BCUT2D eigenvalue weighted by molar-refractivity contribution is 5.78. The molecule has 2 heterocycles. The SMILES string of the molecule is CC(O)C1CCN(C(=O)CN2CCCNCC2)C1. The van der Waals surface area contributed by atoms with E-state index in [4.69, 9.17) is 0 Å². The van der Waals surface area contributed by atoms with E-state index in [0.717, 1.165) is 52.1 Å². The van der Waals surface area contributed by atoms with Crippen LogP contribution in [-0.4, -0.2) is 72.7 Å². The molecule has 0 aromatic rings. The van der Waals surface area contributed by atoms with Crippen LogP contribution in [0.5, 0.6) is 0 Å². The molecule has 2 fully saturated rings. The molecular weight excluding hydrogens is 230 g/mol. The van der Waals surface area contributed by atoms with E-state index in [-0.39, 0.29) is 17.9 Å². The average Bonchev–Trinajstić information content (AvgIpc) is 2.70. The van der Waals surface area contributed by atoms with Crippen LogP contribution in [0.3, 0.4) is 0 Å². The minimum Gasteiger partial charge on any atom is -0.393 e. The number of nitrogens with one attached hydrogen (secondary N) is 1. The van der Waals surface area contributed by atoms with E-state index >= 15 is 0 Å². The van der Waals surface area contributed by atoms with Crippen molar-refractivity contribution in [3.05, 3.63) is 0 Å². The van der Waals surface area contributed by atoms with Gasteiger partial charge in [0.15, 0.2) is 0 Å². The van der Waals surface area contributed by atoms with Crippen molar-refractivity contribution in [3.8, 4) is 0 Å². The number of nitrogens with zero attached hydrogens (tertiary/aromatic N) is 2. The standard InChI is InChI=1S/C13H25N3O2/c1-11(17)12-3-7-16(9-12)13(18)10-15-6-2-4-14-5-8-15/h11-12,14,17H,2-10H2,1H3. The molecule has 18 heavy (non-hydrogen) atoms. The number of amides is 1. The number of hydrogen-bond acceptors (Lipinski definition) is 4. The van der Waals surface area contributed by atoms with Crippen molar-refractivity contribution in [2.24, 2.45) is 5.92 Å². The summed E-state index contributed by atoms with van der Waals surface area (Å²) in [6.07, 6.45) is 1.75. The molecule has 104 valence electrons. The van der Waals surface area contributed by atoms with Gasteiger partial charge in [-0.1, -0.05) is 0 Å². The summed E-state index contributed by atoms with van der Waals surface area (Å²) in [5.74, 6) is 0.486. The Labute approximate surface area is 109 Å². The van der Waals surface area contributed by atoms with Gasteiger partial charge in [-0.05, 0) is 32.9 Å². The summed E-state index contributed by atoms with van der Waals surface area (Å²) in [6.45, 7) is 7.88. The van der Waals surface area contributed by atoms with Crippen molar-refractivity contribution in [2.45, 2.75) is 25.9 Å². The zero-order valence-electron chi connectivity index (χ0n) is 11.3. The van der Waals surface area contributed by atoms with Gasteiger partial charge < -0.3 is 15.3 Å². The molecule has 2 saturated heterocycles. The lowest BCUT2D eigenvalue weighted by atomic mass is 10.0. The van der Waals surface area contributed by atoms with Crippen molar-refractivity contribution in [2.75, 3.05) is 45.8 Å². The highest BCUT2D eigenvalue weighted by Gasteiger charge is 2.29. The maximum absolute atomic E-state index is 12.2. The molecule has 5 heteroatoms. The van der Waals surface area contributed by atoms with E-state index in [1.54, 1.807) is 0 Å². The van der Waals surface area contributed by atoms with Crippen LogP contribution in [0.15, 0.2) is 0 Å². The maximum atomic E-state index is 12.2. The summed E-state index contributed by atoms with van der Waals surface area (Å²) < 4.78 is 0.